The summed E-state index contributed by atoms with van der Waals surface area (Å²) in [6.45, 7) is 4.02. The Morgan fingerprint density at radius 3 is 2.62 bits per heavy atom. The lowest BCUT2D eigenvalue weighted by Crippen LogP contribution is -2.41. The van der Waals surface area contributed by atoms with Crippen LogP contribution in [0.15, 0.2) is 27.8 Å². The fraction of sp³-hybridized carbons (Fsp3) is 0.353. The van der Waals surface area contributed by atoms with E-state index in [4.69, 9.17) is 17.3 Å². The number of H-pyrrole nitrogens is 1. The van der Waals surface area contributed by atoms with Crippen molar-refractivity contribution in [2.75, 3.05) is 17.2 Å². The van der Waals surface area contributed by atoms with Crippen LogP contribution in [0.25, 0.3) is 0 Å². The zero-order chi connectivity index (χ0) is 19.4. The molecule has 0 aliphatic carbocycles. The van der Waals surface area contributed by atoms with Crippen LogP contribution in [0.4, 0.5) is 15.9 Å². The van der Waals surface area contributed by atoms with Crippen molar-refractivity contribution in [1.29, 1.82) is 0 Å². The van der Waals surface area contributed by atoms with Crippen molar-refractivity contribution >= 4 is 29.0 Å². The average molecular weight is 383 g/mol. The second-order valence-corrected chi connectivity index (χ2v) is 6.08. The van der Waals surface area contributed by atoms with Crippen molar-refractivity contribution in [3.63, 3.8) is 0 Å². The molecule has 3 N–H and O–H groups in total. The zero-order valence-electron chi connectivity index (χ0n) is 14.5. The Morgan fingerprint density at radius 1 is 1.35 bits per heavy atom. The monoisotopic (exact) mass is 382 g/mol. The molecular weight excluding hydrogens is 363 g/mol. The highest BCUT2D eigenvalue weighted by Crippen LogP contribution is 2.23. The summed E-state index contributed by atoms with van der Waals surface area (Å²) in [4.78, 5) is 40.5. The second kappa shape index (κ2) is 8.18. The SMILES string of the molecule is CCCCn1c(N)c(N(CC)C(=O)c2ccc(F)cc2Cl)c(=O)[nH]c1=O. The van der Waals surface area contributed by atoms with Crippen LogP contribution in [-0.4, -0.2) is 22.0 Å². The fourth-order valence-corrected chi connectivity index (χ4v) is 2.84. The predicted octanol–water partition coefficient (Wildman–Crippen LogP) is 2.38. The molecule has 0 aliphatic heterocycles. The van der Waals surface area contributed by atoms with E-state index < -0.39 is 23.0 Å². The van der Waals surface area contributed by atoms with Gasteiger partial charge in [-0.15, -0.1) is 0 Å². The lowest BCUT2D eigenvalue weighted by molar-refractivity contribution is 0.0988. The largest absolute Gasteiger partial charge is 0.383 e. The number of hydrogen-bond donors (Lipinski definition) is 2. The Kier molecular flexibility index (Phi) is 6.20. The highest BCUT2D eigenvalue weighted by atomic mass is 35.5. The van der Waals surface area contributed by atoms with Gasteiger partial charge in [0.2, 0.25) is 0 Å². The molecule has 2 aromatic rings. The number of halogens is 2. The number of unbranched alkanes of at least 4 members (excludes halogenated alkanes) is 1. The molecule has 140 valence electrons. The van der Waals surface area contributed by atoms with E-state index in [0.29, 0.717) is 13.0 Å². The van der Waals surface area contributed by atoms with Gasteiger partial charge in [0.15, 0.2) is 5.69 Å². The number of carbonyl (C=O) groups excluding carboxylic acids is 1. The summed E-state index contributed by atoms with van der Waals surface area (Å²) in [6, 6.07) is 3.35. The number of aromatic amines is 1. The smallest absolute Gasteiger partial charge is 0.330 e. The van der Waals surface area contributed by atoms with Crippen LogP contribution in [0.3, 0.4) is 0 Å². The number of nitrogens with one attached hydrogen (secondary N) is 1. The summed E-state index contributed by atoms with van der Waals surface area (Å²) in [5, 5.41) is -0.0808. The van der Waals surface area contributed by atoms with E-state index in [1.165, 1.54) is 10.6 Å². The van der Waals surface area contributed by atoms with E-state index >= 15 is 0 Å². The molecule has 0 bridgehead atoms. The molecule has 0 saturated heterocycles. The van der Waals surface area contributed by atoms with Crippen molar-refractivity contribution in [2.45, 2.75) is 33.2 Å². The predicted molar refractivity (Wildman–Crippen MR) is 99.4 cm³/mol. The van der Waals surface area contributed by atoms with Crippen LogP contribution in [-0.2, 0) is 6.54 Å². The van der Waals surface area contributed by atoms with Gasteiger partial charge >= 0.3 is 5.69 Å². The molecule has 0 atom stereocenters. The molecular formula is C17H20ClFN4O3. The molecule has 2 rings (SSSR count). The fourth-order valence-electron chi connectivity index (χ4n) is 2.59. The van der Waals surface area contributed by atoms with Crippen LogP contribution in [0.1, 0.15) is 37.0 Å². The third kappa shape index (κ3) is 3.80. The molecule has 0 unspecified atom stereocenters. The van der Waals surface area contributed by atoms with Crippen LogP contribution in [0, 0.1) is 5.82 Å². The zero-order valence-corrected chi connectivity index (χ0v) is 15.3. The highest BCUT2D eigenvalue weighted by molar-refractivity contribution is 6.34. The van der Waals surface area contributed by atoms with Crippen molar-refractivity contribution in [3.8, 4) is 0 Å². The van der Waals surface area contributed by atoms with Crippen LogP contribution in [0.5, 0.6) is 0 Å². The normalized spacial score (nSPS) is 10.8. The number of nitrogen functional groups attached to an aromatic ring is 1. The van der Waals surface area contributed by atoms with Gasteiger partial charge in [-0.2, -0.15) is 0 Å². The first kappa shape index (κ1) is 19.7. The Morgan fingerprint density at radius 2 is 2.04 bits per heavy atom. The number of anilines is 2. The first-order valence-electron chi connectivity index (χ1n) is 8.21. The minimum Gasteiger partial charge on any atom is -0.383 e. The van der Waals surface area contributed by atoms with Crippen LogP contribution < -0.4 is 21.9 Å². The van der Waals surface area contributed by atoms with E-state index in [9.17, 15) is 18.8 Å². The van der Waals surface area contributed by atoms with Gasteiger partial charge in [-0.3, -0.25) is 19.1 Å². The molecule has 1 aromatic heterocycles. The average Bonchev–Trinajstić information content (AvgIpc) is 2.57. The maximum Gasteiger partial charge on any atom is 0.330 e. The number of carbonyl (C=O) groups is 1. The van der Waals surface area contributed by atoms with E-state index in [1.54, 1.807) is 6.92 Å². The Labute approximate surface area is 154 Å². The van der Waals surface area contributed by atoms with Crippen molar-refractivity contribution in [2.24, 2.45) is 0 Å². The summed E-state index contributed by atoms with van der Waals surface area (Å²) < 4.78 is 14.5. The van der Waals surface area contributed by atoms with Gasteiger partial charge in [-0.1, -0.05) is 24.9 Å². The minimum atomic E-state index is -0.770. The summed E-state index contributed by atoms with van der Waals surface area (Å²) in [5.74, 6) is -1.30. The van der Waals surface area contributed by atoms with E-state index in [0.717, 1.165) is 23.5 Å². The van der Waals surface area contributed by atoms with Crippen LogP contribution >= 0.6 is 11.6 Å². The number of rotatable bonds is 6. The van der Waals surface area contributed by atoms with Gasteiger partial charge in [0.25, 0.3) is 11.5 Å². The van der Waals surface area contributed by atoms with Crippen molar-refractivity contribution in [3.05, 3.63) is 55.4 Å². The number of nitrogens with zero attached hydrogens (tertiary/aromatic N) is 2. The molecule has 0 fully saturated rings. The van der Waals surface area contributed by atoms with Gasteiger partial charge in [0.1, 0.15) is 11.6 Å². The molecule has 0 spiro atoms. The maximum absolute atomic E-state index is 13.2. The van der Waals surface area contributed by atoms with Crippen LogP contribution in [0.2, 0.25) is 5.02 Å². The Balaban J connectivity index is 2.58. The number of benzene rings is 1. The Hall–Kier alpha value is -2.61. The quantitative estimate of drug-likeness (QED) is 0.800. The van der Waals surface area contributed by atoms with Gasteiger partial charge in [0, 0.05) is 13.1 Å². The number of aromatic nitrogens is 2. The highest BCUT2D eigenvalue weighted by Gasteiger charge is 2.25. The lowest BCUT2D eigenvalue weighted by atomic mass is 10.2. The third-order valence-corrected chi connectivity index (χ3v) is 4.25. The topological polar surface area (TPSA) is 101 Å². The summed E-state index contributed by atoms with van der Waals surface area (Å²) in [5.41, 5.74) is 4.53. The molecule has 1 amide bonds. The van der Waals surface area contributed by atoms with E-state index in [1.807, 2.05) is 6.92 Å². The molecule has 1 aromatic carbocycles. The second-order valence-electron chi connectivity index (χ2n) is 5.67. The van der Waals surface area contributed by atoms with Gasteiger partial charge < -0.3 is 10.6 Å². The number of amides is 1. The van der Waals surface area contributed by atoms with Gasteiger partial charge in [-0.25, -0.2) is 9.18 Å². The molecule has 9 heteroatoms. The molecule has 26 heavy (non-hydrogen) atoms. The Bertz CT molecular complexity index is 939. The molecule has 0 radical (unpaired) electrons. The molecule has 7 nitrogen and oxygen atoms in total. The van der Waals surface area contributed by atoms with Crippen molar-refractivity contribution < 1.29 is 9.18 Å². The minimum absolute atomic E-state index is 0.0278. The lowest BCUT2D eigenvalue weighted by Gasteiger charge is -2.23. The summed E-state index contributed by atoms with van der Waals surface area (Å²) in [6.07, 6.45) is 1.50. The van der Waals surface area contributed by atoms with E-state index in [-0.39, 0.29) is 28.6 Å². The first-order chi connectivity index (χ1) is 12.3. The molecule has 1 heterocycles. The summed E-state index contributed by atoms with van der Waals surface area (Å²) >= 11 is 5.96. The van der Waals surface area contributed by atoms with Gasteiger partial charge in [0.05, 0.1) is 10.6 Å². The van der Waals surface area contributed by atoms with Gasteiger partial charge in [-0.05, 0) is 31.5 Å². The molecule has 0 aliphatic rings. The van der Waals surface area contributed by atoms with E-state index in [2.05, 4.69) is 4.98 Å². The summed E-state index contributed by atoms with van der Waals surface area (Å²) in [7, 11) is 0. The third-order valence-electron chi connectivity index (χ3n) is 3.94. The molecule has 0 saturated carbocycles. The maximum atomic E-state index is 13.2. The standard InChI is InChI=1S/C17H20ClFN4O3/c1-3-5-8-23-14(20)13(15(24)21-17(23)26)22(4-2)16(25)11-7-6-10(19)9-12(11)18/h6-7,9H,3-5,8,20H2,1-2H3,(H,21,24,26). The first-order valence-corrected chi connectivity index (χ1v) is 8.59. The number of nitrogens with two attached hydrogens (primary N) is 1. The number of hydrogen-bond acceptors (Lipinski definition) is 4. The van der Waals surface area contributed by atoms with Crippen molar-refractivity contribution in [1.82, 2.24) is 9.55 Å².